The molecule has 1 N–H and O–H groups in total. The van der Waals surface area contributed by atoms with Crippen LogP contribution in [0.3, 0.4) is 0 Å². The number of carbonyl (C=O) groups is 1. The Balaban J connectivity index is 2.17. The molecule has 2 aromatic rings. The third kappa shape index (κ3) is 2.08. The molecule has 0 aliphatic carbocycles. The summed E-state index contributed by atoms with van der Waals surface area (Å²) in [6, 6.07) is 13.2. The first kappa shape index (κ1) is 11.8. The van der Waals surface area contributed by atoms with Crippen LogP contribution in [0.25, 0.3) is 0 Å². The Hall–Kier alpha value is -2.29. The van der Waals surface area contributed by atoms with Gasteiger partial charge in [-0.2, -0.15) is 0 Å². The summed E-state index contributed by atoms with van der Waals surface area (Å²) in [5, 5.41) is 10.2. The summed E-state index contributed by atoms with van der Waals surface area (Å²) < 4.78 is 5.25. The minimum absolute atomic E-state index is 0.141. The number of esters is 1. The van der Waals surface area contributed by atoms with Crippen LogP contribution in [0.1, 0.15) is 29.0 Å². The molecule has 1 heterocycles. The minimum atomic E-state index is -0.258. The third-order valence-electron chi connectivity index (χ3n) is 3.41. The quantitative estimate of drug-likeness (QED) is 0.628. The summed E-state index contributed by atoms with van der Waals surface area (Å²) in [5.74, 6) is 0.267. The Morgan fingerprint density at radius 1 is 1.21 bits per heavy atom. The summed E-state index contributed by atoms with van der Waals surface area (Å²) in [6.07, 6.45) is 0.258. The van der Waals surface area contributed by atoms with Crippen molar-refractivity contribution in [3.63, 3.8) is 0 Å². The predicted octanol–water partition coefficient (Wildman–Crippen LogP) is 3.14. The van der Waals surface area contributed by atoms with Crippen molar-refractivity contribution in [1.82, 2.24) is 0 Å². The Labute approximate surface area is 111 Å². The first-order valence-electron chi connectivity index (χ1n) is 6.24. The molecule has 3 heteroatoms. The van der Waals surface area contributed by atoms with Crippen LogP contribution in [0.15, 0.2) is 42.5 Å². The van der Waals surface area contributed by atoms with Crippen molar-refractivity contribution in [1.29, 1.82) is 0 Å². The van der Waals surface area contributed by atoms with E-state index in [-0.39, 0.29) is 24.1 Å². The molecule has 1 aliphatic heterocycles. The number of rotatable bonds is 1. The van der Waals surface area contributed by atoms with Gasteiger partial charge in [0.1, 0.15) is 11.5 Å². The lowest BCUT2D eigenvalue weighted by molar-refractivity contribution is -0.135. The second-order valence-corrected chi connectivity index (χ2v) is 4.84. The van der Waals surface area contributed by atoms with Gasteiger partial charge in [-0.25, -0.2) is 0 Å². The highest BCUT2D eigenvalue weighted by Gasteiger charge is 2.31. The van der Waals surface area contributed by atoms with Gasteiger partial charge in [0.2, 0.25) is 0 Å². The molecule has 0 aromatic heterocycles. The maximum absolute atomic E-state index is 11.7. The van der Waals surface area contributed by atoms with Crippen LogP contribution in [-0.4, -0.2) is 11.1 Å². The van der Waals surface area contributed by atoms with Gasteiger partial charge >= 0.3 is 5.97 Å². The standard InChI is InChI=1S/C16H14O3/c1-10-7-13(17)16-12(11-5-3-2-4-6-11)9-15(18)19-14(16)8-10/h2-8,12,17H,9H2,1H3. The molecule has 1 unspecified atom stereocenters. The zero-order valence-electron chi connectivity index (χ0n) is 10.6. The maximum Gasteiger partial charge on any atom is 0.312 e. The number of aromatic hydroxyl groups is 1. The second-order valence-electron chi connectivity index (χ2n) is 4.84. The average molecular weight is 254 g/mol. The number of phenols is 1. The summed E-state index contributed by atoms with van der Waals surface area (Å²) in [6.45, 7) is 1.86. The lowest BCUT2D eigenvalue weighted by Crippen LogP contribution is -2.21. The maximum atomic E-state index is 11.7. The van der Waals surface area contributed by atoms with E-state index in [1.807, 2.05) is 37.3 Å². The van der Waals surface area contributed by atoms with Crippen molar-refractivity contribution in [3.05, 3.63) is 59.2 Å². The molecule has 0 saturated carbocycles. The van der Waals surface area contributed by atoms with E-state index in [0.717, 1.165) is 11.1 Å². The highest BCUT2D eigenvalue weighted by atomic mass is 16.5. The number of phenolic OH excluding ortho intramolecular Hbond substituents is 1. The average Bonchev–Trinajstić information content (AvgIpc) is 2.38. The summed E-state index contributed by atoms with van der Waals surface area (Å²) in [7, 11) is 0. The van der Waals surface area contributed by atoms with E-state index in [0.29, 0.717) is 11.3 Å². The Bertz CT molecular complexity index is 632. The molecule has 96 valence electrons. The molecule has 1 atom stereocenters. The molecule has 0 saturated heterocycles. The van der Waals surface area contributed by atoms with Crippen molar-refractivity contribution < 1.29 is 14.6 Å². The van der Waals surface area contributed by atoms with Gasteiger partial charge < -0.3 is 9.84 Å². The number of fused-ring (bicyclic) bond motifs is 1. The minimum Gasteiger partial charge on any atom is -0.507 e. The molecule has 0 fully saturated rings. The number of aryl methyl sites for hydroxylation is 1. The van der Waals surface area contributed by atoms with E-state index in [1.54, 1.807) is 12.1 Å². The molecule has 0 spiro atoms. The van der Waals surface area contributed by atoms with Gasteiger partial charge in [-0.3, -0.25) is 4.79 Å². The number of carbonyl (C=O) groups excluding carboxylic acids is 1. The fourth-order valence-corrected chi connectivity index (χ4v) is 2.58. The Kier molecular flexibility index (Phi) is 2.75. The smallest absolute Gasteiger partial charge is 0.312 e. The first-order valence-corrected chi connectivity index (χ1v) is 6.24. The molecular formula is C16H14O3. The molecular weight excluding hydrogens is 240 g/mol. The van der Waals surface area contributed by atoms with Gasteiger partial charge in [0, 0.05) is 11.5 Å². The van der Waals surface area contributed by atoms with Crippen molar-refractivity contribution in [3.8, 4) is 11.5 Å². The summed E-state index contributed by atoms with van der Waals surface area (Å²) in [5.41, 5.74) is 2.59. The van der Waals surface area contributed by atoms with Crippen molar-refractivity contribution in [2.75, 3.05) is 0 Å². The largest absolute Gasteiger partial charge is 0.507 e. The van der Waals surface area contributed by atoms with E-state index in [2.05, 4.69) is 0 Å². The van der Waals surface area contributed by atoms with Crippen LogP contribution in [0.2, 0.25) is 0 Å². The first-order chi connectivity index (χ1) is 9.15. The number of benzene rings is 2. The van der Waals surface area contributed by atoms with Crippen molar-refractivity contribution >= 4 is 5.97 Å². The van der Waals surface area contributed by atoms with Crippen LogP contribution in [-0.2, 0) is 4.79 Å². The molecule has 3 rings (SSSR count). The normalized spacial score (nSPS) is 17.7. The highest BCUT2D eigenvalue weighted by Crippen LogP contribution is 2.44. The molecule has 19 heavy (non-hydrogen) atoms. The molecule has 0 bridgehead atoms. The van der Waals surface area contributed by atoms with Crippen LogP contribution >= 0.6 is 0 Å². The van der Waals surface area contributed by atoms with Gasteiger partial charge in [0.25, 0.3) is 0 Å². The lowest BCUT2D eigenvalue weighted by atomic mass is 9.85. The summed E-state index contributed by atoms with van der Waals surface area (Å²) >= 11 is 0. The Morgan fingerprint density at radius 2 is 1.95 bits per heavy atom. The van der Waals surface area contributed by atoms with Gasteiger partial charge in [-0.1, -0.05) is 30.3 Å². The monoisotopic (exact) mass is 254 g/mol. The zero-order valence-corrected chi connectivity index (χ0v) is 10.6. The van der Waals surface area contributed by atoms with Crippen LogP contribution in [0.4, 0.5) is 0 Å². The predicted molar refractivity (Wildman–Crippen MR) is 71.4 cm³/mol. The van der Waals surface area contributed by atoms with Gasteiger partial charge in [-0.15, -0.1) is 0 Å². The van der Waals surface area contributed by atoms with Crippen LogP contribution in [0, 0.1) is 6.92 Å². The van der Waals surface area contributed by atoms with E-state index >= 15 is 0 Å². The second kappa shape index (κ2) is 4.43. The molecule has 0 radical (unpaired) electrons. The van der Waals surface area contributed by atoms with E-state index in [9.17, 15) is 9.90 Å². The highest BCUT2D eigenvalue weighted by molar-refractivity contribution is 5.78. The van der Waals surface area contributed by atoms with Gasteiger partial charge in [-0.05, 0) is 30.2 Å². The Morgan fingerprint density at radius 3 is 2.68 bits per heavy atom. The number of hydrogen-bond acceptors (Lipinski definition) is 3. The zero-order chi connectivity index (χ0) is 13.4. The number of hydrogen-bond donors (Lipinski definition) is 1. The van der Waals surface area contributed by atoms with Crippen molar-refractivity contribution in [2.45, 2.75) is 19.3 Å². The topological polar surface area (TPSA) is 46.5 Å². The van der Waals surface area contributed by atoms with Crippen LogP contribution < -0.4 is 4.74 Å². The fourth-order valence-electron chi connectivity index (χ4n) is 2.58. The molecule has 3 nitrogen and oxygen atoms in total. The van der Waals surface area contributed by atoms with Gasteiger partial charge in [0.05, 0.1) is 6.42 Å². The van der Waals surface area contributed by atoms with E-state index in [4.69, 9.17) is 4.74 Å². The molecule has 0 amide bonds. The van der Waals surface area contributed by atoms with Crippen molar-refractivity contribution in [2.24, 2.45) is 0 Å². The molecule has 2 aromatic carbocycles. The SMILES string of the molecule is Cc1cc(O)c2c(c1)OC(=O)CC2c1ccccc1. The van der Waals surface area contributed by atoms with Crippen LogP contribution in [0.5, 0.6) is 11.5 Å². The third-order valence-corrected chi connectivity index (χ3v) is 3.41. The number of ether oxygens (including phenoxy) is 1. The van der Waals surface area contributed by atoms with E-state index < -0.39 is 0 Å². The lowest BCUT2D eigenvalue weighted by Gasteiger charge is -2.26. The van der Waals surface area contributed by atoms with E-state index in [1.165, 1.54) is 0 Å². The fraction of sp³-hybridized carbons (Fsp3) is 0.188. The summed E-state index contributed by atoms with van der Waals surface area (Å²) in [4.78, 5) is 11.7. The molecule has 1 aliphatic rings. The van der Waals surface area contributed by atoms with Gasteiger partial charge in [0.15, 0.2) is 0 Å².